The second-order valence-electron chi connectivity index (χ2n) is 3.56. The Kier molecular flexibility index (Phi) is 6.31. The Morgan fingerprint density at radius 1 is 1.35 bits per heavy atom. The summed E-state index contributed by atoms with van der Waals surface area (Å²) in [4.78, 5) is 29.6. The molecule has 0 bridgehead atoms. The van der Waals surface area contributed by atoms with E-state index in [1.165, 1.54) is 18.9 Å². The van der Waals surface area contributed by atoms with Crippen LogP contribution < -0.4 is 0 Å². The predicted molar refractivity (Wildman–Crippen MR) is 64.5 cm³/mol. The number of amides is 2. The summed E-state index contributed by atoms with van der Waals surface area (Å²) in [7, 11) is 2.98. The number of thioether (sulfide) groups is 1. The number of rotatable bonds is 5. The van der Waals surface area contributed by atoms with E-state index in [2.05, 4.69) is 0 Å². The number of hydrogen-bond acceptors (Lipinski definition) is 5. The molecule has 0 aromatic heterocycles. The van der Waals surface area contributed by atoms with Gasteiger partial charge in [-0.25, -0.2) is 5.06 Å². The van der Waals surface area contributed by atoms with Crippen LogP contribution in [0.3, 0.4) is 0 Å². The topological polar surface area (TPSA) is 59.1 Å². The van der Waals surface area contributed by atoms with E-state index in [9.17, 15) is 9.59 Å². The van der Waals surface area contributed by atoms with Crippen molar-refractivity contribution in [2.75, 3.05) is 52.0 Å². The highest BCUT2D eigenvalue weighted by Gasteiger charge is 2.17. The SMILES string of the molecule is CON(C)C(=O)CSCC(=O)N1CCOCC1. The highest BCUT2D eigenvalue weighted by molar-refractivity contribution is 8.00. The molecule has 98 valence electrons. The molecular weight excluding hydrogens is 244 g/mol. The summed E-state index contributed by atoms with van der Waals surface area (Å²) < 4.78 is 5.16. The van der Waals surface area contributed by atoms with Crippen molar-refractivity contribution in [1.29, 1.82) is 0 Å². The zero-order chi connectivity index (χ0) is 12.7. The summed E-state index contributed by atoms with van der Waals surface area (Å²) in [6.45, 7) is 2.49. The highest BCUT2D eigenvalue weighted by Crippen LogP contribution is 2.06. The van der Waals surface area contributed by atoms with Crippen LogP contribution in [0.4, 0.5) is 0 Å². The van der Waals surface area contributed by atoms with Crippen molar-refractivity contribution < 1.29 is 19.2 Å². The molecule has 1 aliphatic heterocycles. The Morgan fingerprint density at radius 2 is 2.00 bits per heavy atom. The fourth-order valence-electron chi connectivity index (χ4n) is 1.32. The van der Waals surface area contributed by atoms with Gasteiger partial charge in [-0.2, -0.15) is 0 Å². The number of ether oxygens (including phenoxy) is 1. The lowest BCUT2D eigenvalue weighted by Crippen LogP contribution is -2.41. The molecule has 0 aliphatic carbocycles. The molecule has 0 aromatic rings. The average Bonchev–Trinajstić information content (AvgIpc) is 2.38. The number of nitrogens with zero attached hydrogens (tertiary/aromatic N) is 2. The minimum absolute atomic E-state index is 0.0613. The average molecular weight is 262 g/mol. The summed E-state index contributed by atoms with van der Waals surface area (Å²) in [6.07, 6.45) is 0. The third kappa shape index (κ3) is 4.93. The minimum atomic E-state index is -0.146. The molecule has 0 radical (unpaired) electrons. The minimum Gasteiger partial charge on any atom is -0.378 e. The van der Waals surface area contributed by atoms with Crippen molar-refractivity contribution in [3.05, 3.63) is 0 Å². The Balaban J connectivity index is 2.17. The lowest BCUT2D eigenvalue weighted by atomic mass is 10.4. The third-order valence-electron chi connectivity index (χ3n) is 2.44. The lowest BCUT2D eigenvalue weighted by molar-refractivity contribution is -0.165. The van der Waals surface area contributed by atoms with Crippen LogP contribution in [-0.4, -0.2) is 73.7 Å². The molecule has 17 heavy (non-hydrogen) atoms. The van der Waals surface area contributed by atoms with Crippen LogP contribution in [0, 0.1) is 0 Å². The van der Waals surface area contributed by atoms with Crippen LogP contribution in [0.25, 0.3) is 0 Å². The Labute approximate surface area is 105 Å². The third-order valence-corrected chi connectivity index (χ3v) is 3.34. The van der Waals surface area contributed by atoms with Gasteiger partial charge in [-0.05, 0) is 0 Å². The molecule has 1 heterocycles. The fraction of sp³-hybridized carbons (Fsp3) is 0.800. The normalized spacial score (nSPS) is 15.8. The van der Waals surface area contributed by atoms with Gasteiger partial charge in [-0.1, -0.05) is 0 Å². The molecule has 0 aromatic carbocycles. The largest absolute Gasteiger partial charge is 0.378 e. The summed E-state index contributed by atoms with van der Waals surface area (Å²) in [5.41, 5.74) is 0. The highest BCUT2D eigenvalue weighted by atomic mass is 32.2. The molecule has 1 aliphatic rings. The molecule has 0 atom stereocenters. The van der Waals surface area contributed by atoms with Gasteiger partial charge in [-0.3, -0.25) is 14.4 Å². The van der Waals surface area contributed by atoms with Crippen LogP contribution in [0.2, 0.25) is 0 Å². The van der Waals surface area contributed by atoms with E-state index in [4.69, 9.17) is 9.57 Å². The summed E-state index contributed by atoms with van der Waals surface area (Å²) in [6, 6.07) is 0. The molecule has 0 N–H and O–H groups in total. The van der Waals surface area contributed by atoms with Crippen LogP contribution >= 0.6 is 11.8 Å². The first-order valence-electron chi connectivity index (χ1n) is 5.39. The van der Waals surface area contributed by atoms with Gasteiger partial charge in [0.15, 0.2) is 0 Å². The van der Waals surface area contributed by atoms with Gasteiger partial charge in [0.25, 0.3) is 5.91 Å². The number of hydrogen-bond donors (Lipinski definition) is 0. The monoisotopic (exact) mass is 262 g/mol. The van der Waals surface area contributed by atoms with Crippen molar-refractivity contribution in [2.24, 2.45) is 0 Å². The summed E-state index contributed by atoms with van der Waals surface area (Å²) in [5.74, 6) is 0.488. The van der Waals surface area contributed by atoms with E-state index in [1.807, 2.05) is 0 Å². The van der Waals surface area contributed by atoms with E-state index in [0.29, 0.717) is 32.1 Å². The second-order valence-corrected chi connectivity index (χ2v) is 4.55. The molecule has 0 saturated carbocycles. The smallest absolute Gasteiger partial charge is 0.255 e. The van der Waals surface area contributed by atoms with Gasteiger partial charge in [0.05, 0.1) is 31.8 Å². The maximum Gasteiger partial charge on any atom is 0.255 e. The Morgan fingerprint density at radius 3 is 2.59 bits per heavy atom. The number of morpholine rings is 1. The van der Waals surface area contributed by atoms with Gasteiger partial charge in [0.1, 0.15) is 0 Å². The lowest BCUT2D eigenvalue weighted by Gasteiger charge is -2.26. The molecule has 2 amide bonds. The van der Waals surface area contributed by atoms with Gasteiger partial charge in [0.2, 0.25) is 5.91 Å². The first-order chi connectivity index (χ1) is 8.15. The van der Waals surface area contributed by atoms with Crippen LogP contribution in [0.1, 0.15) is 0 Å². The number of carbonyl (C=O) groups is 2. The van der Waals surface area contributed by atoms with Gasteiger partial charge < -0.3 is 9.64 Å². The Hall–Kier alpha value is -0.790. The van der Waals surface area contributed by atoms with Crippen molar-refractivity contribution in [3.63, 3.8) is 0 Å². The zero-order valence-corrected chi connectivity index (χ0v) is 11.0. The maximum absolute atomic E-state index is 11.7. The predicted octanol–water partition coefficient (Wildman–Crippen LogP) is -0.402. The van der Waals surface area contributed by atoms with E-state index >= 15 is 0 Å². The molecular formula is C10H18N2O4S. The van der Waals surface area contributed by atoms with Crippen LogP contribution in [-0.2, 0) is 19.2 Å². The van der Waals surface area contributed by atoms with E-state index in [0.717, 1.165) is 5.06 Å². The molecule has 1 rings (SSSR count). The van der Waals surface area contributed by atoms with Crippen LogP contribution in [0.15, 0.2) is 0 Å². The standard InChI is InChI=1S/C10H18N2O4S/c1-11(15-2)9(13)7-17-8-10(14)12-3-5-16-6-4-12/h3-8H2,1-2H3. The van der Waals surface area contributed by atoms with E-state index < -0.39 is 0 Å². The Bertz CT molecular complexity index is 269. The summed E-state index contributed by atoms with van der Waals surface area (Å²) in [5, 5.41) is 1.16. The quantitative estimate of drug-likeness (QED) is 0.631. The van der Waals surface area contributed by atoms with E-state index in [1.54, 1.807) is 11.9 Å². The molecule has 6 nitrogen and oxygen atoms in total. The summed E-state index contributed by atoms with van der Waals surface area (Å²) >= 11 is 1.30. The number of hydroxylamine groups is 2. The van der Waals surface area contributed by atoms with Crippen molar-refractivity contribution in [2.45, 2.75) is 0 Å². The fourth-order valence-corrected chi connectivity index (χ4v) is 2.14. The molecule has 1 fully saturated rings. The second kappa shape index (κ2) is 7.52. The van der Waals surface area contributed by atoms with Crippen molar-refractivity contribution >= 4 is 23.6 Å². The molecule has 1 saturated heterocycles. The molecule has 7 heteroatoms. The molecule has 0 unspecified atom stereocenters. The number of carbonyl (C=O) groups excluding carboxylic acids is 2. The van der Waals surface area contributed by atoms with Gasteiger partial charge in [-0.15, -0.1) is 11.8 Å². The zero-order valence-electron chi connectivity index (χ0n) is 10.2. The first kappa shape index (κ1) is 14.3. The van der Waals surface area contributed by atoms with Crippen LogP contribution in [0.5, 0.6) is 0 Å². The van der Waals surface area contributed by atoms with Crippen molar-refractivity contribution in [3.8, 4) is 0 Å². The van der Waals surface area contributed by atoms with Gasteiger partial charge >= 0.3 is 0 Å². The molecule has 0 spiro atoms. The van der Waals surface area contributed by atoms with Crippen molar-refractivity contribution in [1.82, 2.24) is 9.96 Å². The maximum atomic E-state index is 11.7. The van der Waals surface area contributed by atoms with Gasteiger partial charge in [0, 0.05) is 20.1 Å². The van der Waals surface area contributed by atoms with E-state index in [-0.39, 0.29) is 17.6 Å². The first-order valence-corrected chi connectivity index (χ1v) is 6.54.